The molecule has 2 aromatic heterocycles. The summed E-state index contributed by atoms with van der Waals surface area (Å²) in [5, 5.41) is 16.3. The van der Waals surface area contributed by atoms with Crippen LogP contribution in [-0.2, 0) is 4.79 Å². The summed E-state index contributed by atoms with van der Waals surface area (Å²) in [4.78, 5) is 21.2. The van der Waals surface area contributed by atoms with Gasteiger partial charge in [-0.1, -0.05) is 11.6 Å². The Morgan fingerprint density at radius 3 is 2.49 bits per heavy atom. The molecule has 0 atom stereocenters. The number of piperidine rings is 1. The Labute approximate surface area is 208 Å². The minimum absolute atomic E-state index is 0.212. The molecule has 0 radical (unpaired) electrons. The molecular formula is C24H30ClFN8O. The maximum absolute atomic E-state index is 14.9. The van der Waals surface area contributed by atoms with Gasteiger partial charge in [0.2, 0.25) is 12.4 Å². The Morgan fingerprint density at radius 2 is 1.89 bits per heavy atom. The van der Waals surface area contributed by atoms with E-state index in [2.05, 4.69) is 36.1 Å². The van der Waals surface area contributed by atoms with Gasteiger partial charge in [0.25, 0.3) is 0 Å². The van der Waals surface area contributed by atoms with Gasteiger partial charge in [0.15, 0.2) is 11.6 Å². The van der Waals surface area contributed by atoms with Gasteiger partial charge in [-0.15, -0.1) is 0 Å². The lowest BCUT2D eigenvalue weighted by molar-refractivity contribution is -0.119. The molecule has 0 aliphatic carbocycles. The fourth-order valence-corrected chi connectivity index (χ4v) is 4.10. The van der Waals surface area contributed by atoms with Crippen LogP contribution < -0.4 is 16.0 Å². The summed E-state index contributed by atoms with van der Waals surface area (Å²) in [7, 11) is 0. The first-order valence-corrected chi connectivity index (χ1v) is 12.1. The van der Waals surface area contributed by atoms with E-state index in [1.807, 2.05) is 19.9 Å². The lowest BCUT2D eigenvalue weighted by Crippen LogP contribution is -2.31. The third-order valence-electron chi connectivity index (χ3n) is 6.12. The van der Waals surface area contributed by atoms with E-state index < -0.39 is 0 Å². The average Bonchev–Trinajstić information content (AvgIpc) is 3.22. The topological polar surface area (TPSA) is 111 Å². The van der Waals surface area contributed by atoms with Crippen LogP contribution in [0.1, 0.15) is 42.0 Å². The number of H-pyrrole nitrogens is 1. The molecule has 5 rings (SSSR count). The molecule has 11 heteroatoms. The molecule has 35 heavy (non-hydrogen) atoms. The largest absolute Gasteiger partial charge is 0.345 e. The van der Waals surface area contributed by atoms with Crippen molar-refractivity contribution in [3.8, 4) is 0 Å². The predicted octanol–water partition coefficient (Wildman–Crippen LogP) is 4.41. The average molecular weight is 501 g/mol. The number of aryl methyl sites for hydroxylation is 2. The van der Waals surface area contributed by atoms with Crippen molar-refractivity contribution in [1.82, 2.24) is 30.4 Å². The first kappa shape index (κ1) is 24.9. The van der Waals surface area contributed by atoms with E-state index in [-0.39, 0.29) is 23.4 Å². The molecule has 0 saturated carbocycles. The van der Waals surface area contributed by atoms with E-state index in [1.54, 1.807) is 17.0 Å². The van der Waals surface area contributed by atoms with Crippen molar-refractivity contribution >= 4 is 41.3 Å². The zero-order valence-electron chi connectivity index (χ0n) is 19.9. The Bertz CT molecular complexity index is 1150. The number of rotatable bonds is 6. The van der Waals surface area contributed by atoms with Crippen LogP contribution in [-0.4, -0.2) is 57.7 Å². The summed E-state index contributed by atoms with van der Waals surface area (Å²) in [6.45, 7) is 7.73. The zero-order valence-corrected chi connectivity index (χ0v) is 20.6. The van der Waals surface area contributed by atoms with Crippen LogP contribution in [0.25, 0.3) is 0 Å². The second-order valence-electron chi connectivity index (χ2n) is 8.78. The van der Waals surface area contributed by atoms with E-state index >= 15 is 0 Å². The predicted molar refractivity (Wildman–Crippen MR) is 135 cm³/mol. The first-order chi connectivity index (χ1) is 16.9. The second-order valence-corrected chi connectivity index (χ2v) is 9.19. The summed E-state index contributed by atoms with van der Waals surface area (Å²) in [5.41, 5.74) is 3.13. The van der Waals surface area contributed by atoms with Crippen molar-refractivity contribution in [3.63, 3.8) is 0 Å². The number of benzene rings is 1. The number of amides is 1. The summed E-state index contributed by atoms with van der Waals surface area (Å²) in [6, 6.07) is 5.15. The molecular weight excluding hydrogens is 471 g/mol. The standard InChI is InChI=1S/C21H23ClFN7O.C3H7N/c1-12-7-18(17(23)9-15(12)14-3-5-30(11-31)6-4-14)25-21-24-10-16(22)20(27-21)26-19-8-13(2)28-29-19;1-2-4-3-1/h7-11,14H,3-6H2,1-2H3,(H3,24,25,26,27,28,29);4H,1-3H2. The van der Waals surface area contributed by atoms with Gasteiger partial charge in [0.05, 0.1) is 11.9 Å². The number of carbonyl (C=O) groups is 1. The van der Waals surface area contributed by atoms with Gasteiger partial charge in [0.1, 0.15) is 10.8 Å². The minimum atomic E-state index is -0.380. The Morgan fingerprint density at radius 1 is 1.17 bits per heavy atom. The number of aromatic nitrogens is 4. The number of hydrogen-bond donors (Lipinski definition) is 4. The summed E-state index contributed by atoms with van der Waals surface area (Å²) in [6.07, 6.45) is 5.36. The fraction of sp³-hybridized carbons (Fsp3) is 0.417. The molecule has 3 aromatic rings. The van der Waals surface area contributed by atoms with E-state index in [0.29, 0.717) is 29.7 Å². The van der Waals surface area contributed by atoms with Crippen molar-refractivity contribution in [1.29, 1.82) is 0 Å². The van der Waals surface area contributed by atoms with Crippen molar-refractivity contribution in [2.45, 2.75) is 39.0 Å². The van der Waals surface area contributed by atoms with E-state index in [4.69, 9.17) is 11.6 Å². The van der Waals surface area contributed by atoms with Crippen molar-refractivity contribution in [3.05, 3.63) is 52.1 Å². The van der Waals surface area contributed by atoms with Crippen LogP contribution in [0, 0.1) is 19.7 Å². The number of hydrogen-bond acceptors (Lipinski definition) is 7. The second kappa shape index (κ2) is 11.5. The highest BCUT2D eigenvalue weighted by molar-refractivity contribution is 6.32. The van der Waals surface area contributed by atoms with Gasteiger partial charge < -0.3 is 20.9 Å². The molecule has 1 aromatic carbocycles. The highest BCUT2D eigenvalue weighted by atomic mass is 35.5. The van der Waals surface area contributed by atoms with E-state index in [9.17, 15) is 9.18 Å². The van der Waals surface area contributed by atoms with Crippen molar-refractivity contribution < 1.29 is 9.18 Å². The van der Waals surface area contributed by atoms with Gasteiger partial charge in [0, 0.05) is 24.8 Å². The van der Waals surface area contributed by atoms with Crippen LogP contribution in [0.15, 0.2) is 24.4 Å². The van der Waals surface area contributed by atoms with Crippen LogP contribution in [0.5, 0.6) is 0 Å². The van der Waals surface area contributed by atoms with Gasteiger partial charge in [-0.25, -0.2) is 9.37 Å². The molecule has 186 valence electrons. The lowest BCUT2D eigenvalue weighted by Gasteiger charge is -2.30. The van der Waals surface area contributed by atoms with Crippen LogP contribution in [0.4, 0.5) is 27.7 Å². The summed E-state index contributed by atoms with van der Waals surface area (Å²) >= 11 is 6.19. The highest BCUT2D eigenvalue weighted by Gasteiger charge is 2.22. The fourth-order valence-electron chi connectivity index (χ4n) is 3.96. The molecule has 0 unspecified atom stereocenters. The molecule has 0 bridgehead atoms. The van der Waals surface area contributed by atoms with E-state index in [1.165, 1.54) is 25.7 Å². The van der Waals surface area contributed by atoms with Crippen LogP contribution in [0.2, 0.25) is 5.02 Å². The normalized spacial score (nSPS) is 15.6. The molecule has 2 fully saturated rings. The maximum atomic E-state index is 14.9. The first-order valence-electron chi connectivity index (χ1n) is 11.7. The van der Waals surface area contributed by atoms with Crippen LogP contribution in [0.3, 0.4) is 0 Å². The monoisotopic (exact) mass is 500 g/mol. The summed E-state index contributed by atoms with van der Waals surface area (Å²) < 4.78 is 14.9. The highest BCUT2D eigenvalue weighted by Crippen LogP contribution is 2.33. The zero-order chi connectivity index (χ0) is 24.8. The van der Waals surface area contributed by atoms with Gasteiger partial charge in [-0.2, -0.15) is 10.1 Å². The number of aromatic amines is 1. The van der Waals surface area contributed by atoms with Crippen molar-refractivity contribution in [2.24, 2.45) is 0 Å². The molecule has 1 amide bonds. The smallest absolute Gasteiger partial charge is 0.229 e. The summed E-state index contributed by atoms with van der Waals surface area (Å²) in [5.74, 6) is 0.996. The number of anilines is 4. The van der Waals surface area contributed by atoms with Gasteiger partial charge >= 0.3 is 0 Å². The number of likely N-dealkylation sites (tertiary alicyclic amines) is 1. The number of nitrogens with zero attached hydrogens (tertiary/aromatic N) is 4. The third-order valence-corrected chi connectivity index (χ3v) is 6.40. The Balaban J connectivity index is 0.000000656. The van der Waals surface area contributed by atoms with Gasteiger partial charge in [-0.05, 0) is 75.4 Å². The number of nitrogens with one attached hydrogen (secondary N) is 4. The van der Waals surface area contributed by atoms with Crippen molar-refractivity contribution in [2.75, 3.05) is 36.8 Å². The molecule has 0 spiro atoms. The van der Waals surface area contributed by atoms with Gasteiger partial charge in [-0.3, -0.25) is 9.89 Å². The molecule has 4 N–H and O–H groups in total. The Hall–Kier alpha value is -3.24. The number of halogens is 2. The molecule has 2 aliphatic rings. The van der Waals surface area contributed by atoms with Crippen LogP contribution >= 0.6 is 11.6 Å². The Kier molecular flexibility index (Phi) is 8.14. The lowest BCUT2D eigenvalue weighted by atomic mass is 9.86. The quantitative estimate of drug-likeness (QED) is 0.371. The molecule has 9 nitrogen and oxygen atoms in total. The molecule has 4 heterocycles. The van der Waals surface area contributed by atoms with E-state index in [0.717, 1.165) is 36.1 Å². The molecule has 2 saturated heterocycles. The molecule has 2 aliphatic heterocycles. The third kappa shape index (κ3) is 6.46. The number of carbonyl (C=O) groups excluding carboxylic acids is 1. The minimum Gasteiger partial charge on any atom is -0.345 e. The SMILES string of the molecule is C1CNC1.Cc1cc(Nc2nc(Nc3cc(C)c(C4CCN(C=O)CC4)cc3F)ncc2Cl)n[nH]1. The maximum Gasteiger partial charge on any atom is 0.229 e.